The predicted molar refractivity (Wildman–Crippen MR) is 69.8 cm³/mol. The van der Waals surface area contributed by atoms with E-state index in [2.05, 4.69) is 10.6 Å². The Labute approximate surface area is 110 Å². The Bertz CT molecular complexity index is 523. The highest BCUT2D eigenvalue weighted by Gasteiger charge is 2.10. The zero-order valence-electron chi connectivity index (χ0n) is 10.7. The minimum absolute atomic E-state index is 0.0963. The van der Waals surface area contributed by atoms with Crippen molar-refractivity contribution < 1.29 is 19.1 Å². The van der Waals surface area contributed by atoms with Crippen LogP contribution in [0, 0.1) is 5.82 Å². The molecule has 0 aromatic heterocycles. The van der Waals surface area contributed by atoms with Crippen molar-refractivity contribution in [3.8, 4) is 0 Å². The summed E-state index contributed by atoms with van der Waals surface area (Å²) in [5, 5.41) is 13.5. The zero-order chi connectivity index (χ0) is 14.4. The van der Waals surface area contributed by atoms with Gasteiger partial charge in [0.15, 0.2) is 0 Å². The Morgan fingerprint density at radius 3 is 2.63 bits per heavy atom. The molecule has 2 amide bonds. The van der Waals surface area contributed by atoms with E-state index in [0.717, 1.165) is 23.8 Å². The van der Waals surface area contributed by atoms with Crippen LogP contribution in [0.5, 0.6) is 0 Å². The summed E-state index contributed by atoms with van der Waals surface area (Å²) in [7, 11) is 0. The Morgan fingerprint density at radius 2 is 2.05 bits per heavy atom. The van der Waals surface area contributed by atoms with Gasteiger partial charge in [-0.1, -0.05) is 11.6 Å². The monoisotopic (exact) mass is 266 g/mol. The summed E-state index contributed by atoms with van der Waals surface area (Å²) >= 11 is 0. The topological polar surface area (TPSA) is 78.4 Å². The van der Waals surface area contributed by atoms with Gasteiger partial charge in [-0.05, 0) is 32.0 Å². The molecule has 19 heavy (non-hydrogen) atoms. The first kappa shape index (κ1) is 14.7. The Balaban J connectivity index is 2.70. The summed E-state index contributed by atoms with van der Waals surface area (Å²) in [6, 6.07) is 2.59. The van der Waals surface area contributed by atoms with Gasteiger partial charge in [0.25, 0.3) is 0 Å². The quantitative estimate of drug-likeness (QED) is 0.733. The van der Waals surface area contributed by atoms with E-state index in [0.29, 0.717) is 6.54 Å². The number of urea groups is 1. The van der Waals surface area contributed by atoms with Gasteiger partial charge in [0.2, 0.25) is 0 Å². The molecule has 102 valence electrons. The third-order valence-corrected chi connectivity index (χ3v) is 2.23. The molecular formula is C13H15FN2O3. The second-order valence-corrected chi connectivity index (χ2v) is 4.12. The molecule has 0 spiro atoms. The molecule has 0 saturated carbocycles. The van der Waals surface area contributed by atoms with Crippen LogP contribution < -0.4 is 10.6 Å². The minimum atomic E-state index is -1.19. The van der Waals surface area contributed by atoms with Crippen LogP contribution in [0.4, 0.5) is 14.9 Å². The Morgan fingerprint density at radius 1 is 1.37 bits per heavy atom. The number of carboxylic acids is 1. The number of rotatable bonds is 4. The maximum absolute atomic E-state index is 13.4. The third kappa shape index (κ3) is 4.79. The molecule has 0 fully saturated rings. The van der Waals surface area contributed by atoms with Gasteiger partial charge in [0.1, 0.15) is 5.82 Å². The molecule has 0 aliphatic heterocycles. The molecule has 0 heterocycles. The first-order valence-electron chi connectivity index (χ1n) is 5.61. The van der Waals surface area contributed by atoms with E-state index in [4.69, 9.17) is 5.11 Å². The summed E-state index contributed by atoms with van der Waals surface area (Å²) in [4.78, 5) is 22.2. The fourth-order valence-electron chi connectivity index (χ4n) is 1.27. The summed E-state index contributed by atoms with van der Waals surface area (Å²) in [6.45, 7) is 4.08. The molecule has 3 N–H and O–H groups in total. The van der Waals surface area contributed by atoms with Gasteiger partial charge in [0, 0.05) is 6.54 Å². The normalized spacial score (nSPS) is 9.63. The van der Waals surface area contributed by atoms with Crippen molar-refractivity contribution in [3.05, 3.63) is 41.2 Å². The van der Waals surface area contributed by atoms with Crippen LogP contribution in [0.1, 0.15) is 24.2 Å². The minimum Gasteiger partial charge on any atom is -0.478 e. The molecular weight excluding hydrogens is 251 g/mol. The number of nitrogens with one attached hydrogen (secondary N) is 2. The van der Waals surface area contributed by atoms with Crippen LogP contribution in [0.25, 0.3) is 0 Å². The van der Waals surface area contributed by atoms with E-state index >= 15 is 0 Å². The lowest BCUT2D eigenvalue weighted by atomic mass is 10.2. The lowest BCUT2D eigenvalue weighted by Gasteiger charge is -2.08. The Kier molecular flexibility index (Phi) is 5.05. The van der Waals surface area contributed by atoms with Crippen molar-refractivity contribution in [1.82, 2.24) is 5.32 Å². The number of aromatic carboxylic acids is 1. The van der Waals surface area contributed by atoms with E-state index in [-0.39, 0.29) is 11.3 Å². The molecule has 1 aromatic rings. The van der Waals surface area contributed by atoms with Gasteiger partial charge in [-0.3, -0.25) is 0 Å². The van der Waals surface area contributed by atoms with Crippen molar-refractivity contribution in [3.63, 3.8) is 0 Å². The average molecular weight is 266 g/mol. The highest BCUT2D eigenvalue weighted by molar-refractivity contribution is 5.93. The number of allylic oxidation sites excluding steroid dienone is 1. The maximum Gasteiger partial charge on any atom is 0.335 e. The lowest BCUT2D eigenvalue weighted by molar-refractivity contribution is 0.0697. The number of halogens is 1. The fourth-order valence-corrected chi connectivity index (χ4v) is 1.27. The van der Waals surface area contributed by atoms with Crippen LogP contribution >= 0.6 is 0 Å². The van der Waals surface area contributed by atoms with Crippen LogP contribution in [0.3, 0.4) is 0 Å². The lowest BCUT2D eigenvalue weighted by Crippen LogP contribution is -2.29. The molecule has 0 bridgehead atoms. The molecule has 0 saturated heterocycles. The first-order chi connectivity index (χ1) is 8.90. The van der Waals surface area contributed by atoms with Crippen LogP contribution in [-0.4, -0.2) is 23.7 Å². The summed E-state index contributed by atoms with van der Waals surface area (Å²) < 4.78 is 13.4. The second-order valence-electron chi connectivity index (χ2n) is 4.12. The highest BCUT2D eigenvalue weighted by atomic mass is 19.1. The van der Waals surface area contributed by atoms with Crippen molar-refractivity contribution in [1.29, 1.82) is 0 Å². The first-order valence-corrected chi connectivity index (χ1v) is 5.61. The largest absolute Gasteiger partial charge is 0.478 e. The number of carbonyl (C=O) groups excluding carboxylic acids is 1. The number of amides is 2. The van der Waals surface area contributed by atoms with Crippen LogP contribution in [0.15, 0.2) is 29.8 Å². The van der Waals surface area contributed by atoms with Crippen molar-refractivity contribution in [2.45, 2.75) is 13.8 Å². The number of hydrogen-bond acceptors (Lipinski definition) is 2. The summed E-state index contributed by atoms with van der Waals surface area (Å²) in [5.74, 6) is -1.88. The van der Waals surface area contributed by atoms with Crippen molar-refractivity contribution >= 4 is 17.7 Å². The van der Waals surface area contributed by atoms with E-state index in [1.807, 2.05) is 13.8 Å². The molecule has 0 aliphatic rings. The highest BCUT2D eigenvalue weighted by Crippen LogP contribution is 2.16. The van der Waals surface area contributed by atoms with E-state index in [1.165, 1.54) is 0 Å². The van der Waals surface area contributed by atoms with Crippen molar-refractivity contribution in [2.24, 2.45) is 0 Å². The fraction of sp³-hybridized carbons (Fsp3) is 0.231. The molecule has 5 nitrogen and oxygen atoms in total. The predicted octanol–water partition coefficient (Wildman–Crippen LogP) is 2.61. The van der Waals surface area contributed by atoms with Crippen molar-refractivity contribution in [2.75, 3.05) is 11.9 Å². The molecule has 0 unspecified atom stereocenters. The second kappa shape index (κ2) is 6.53. The van der Waals surface area contributed by atoms with Gasteiger partial charge in [-0.15, -0.1) is 0 Å². The molecule has 1 rings (SSSR count). The molecule has 0 radical (unpaired) electrons. The van der Waals surface area contributed by atoms with Crippen LogP contribution in [0.2, 0.25) is 0 Å². The number of anilines is 1. The summed E-state index contributed by atoms with van der Waals surface area (Å²) in [5.41, 5.74) is 0.773. The number of carbonyl (C=O) groups is 2. The van der Waals surface area contributed by atoms with Gasteiger partial charge >= 0.3 is 12.0 Å². The maximum atomic E-state index is 13.4. The summed E-state index contributed by atoms with van der Waals surface area (Å²) in [6.07, 6.45) is 1.80. The van der Waals surface area contributed by atoms with Gasteiger partial charge in [-0.25, -0.2) is 14.0 Å². The number of hydrogen-bond donors (Lipinski definition) is 3. The van der Waals surface area contributed by atoms with Crippen LogP contribution in [-0.2, 0) is 0 Å². The van der Waals surface area contributed by atoms with E-state index in [1.54, 1.807) is 6.08 Å². The Hall–Kier alpha value is -2.37. The third-order valence-electron chi connectivity index (χ3n) is 2.23. The van der Waals surface area contributed by atoms with Gasteiger partial charge in [0.05, 0.1) is 11.3 Å². The van der Waals surface area contributed by atoms with E-state index in [9.17, 15) is 14.0 Å². The number of benzene rings is 1. The van der Waals surface area contributed by atoms with E-state index < -0.39 is 17.8 Å². The molecule has 0 aliphatic carbocycles. The average Bonchev–Trinajstić information content (AvgIpc) is 2.31. The standard InChI is InChI=1S/C13H15FN2O3/c1-8(2)5-6-15-13(19)16-11-7-9(12(17)18)3-4-10(11)14/h3-5,7H,6H2,1-2H3,(H,17,18)(H2,15,16,19). The molecule has 1 aromatic carbocycles. The van der Waals surface area contributed by atoms with Gasteiger partial charge in [-0.2, -0.15) is 0 Å². The molecule has 6 heteroatoms. The number of carboxylic acid groups (broad SMARTS) is 1. The van der Waals surface area contributed by atoms with Gasteiger partial charge < -0.3 is 15.7 Å². The SMILES string of the molecule is CC(C)=CCNC(=O)Nc1cc(C(=O)O)ccc1F. The smallest absolute Gasteiger partial charge is 0.335 e. The molecule has 0 atom stereocenters. The zero-order valence-corrected chi connectivity index (χ0v) is 10.7.